The Bertz CT molecular complexity index is 771. The fourth-order valence-electron chi connectivity index (χ4n) is 2.76. The molecule has 0 aliphatic heterocycles. The van der Waals surface area contributed by atoms with Gasteiger partial charge in [-0.15, -0.1) is 10.2 Å². The van der Waals surface area contributed by atoms with E-state index in [4.69, 9.17) is 22.1 Å². The molecule has 0 saturated carbocycles. The molecule has 168 valence electrons. The summed E-state index contributed by atoms with van der Waals surface area (Å²) in [6.07, 6.45) is 4.64. The van der Waals surface area contributed by atoms with Gasteiger partial charge < -0.3 is 10.5 Å². The number of benzene rings is 1. The number of anilines is 1. The van der Waals surface area contributed by atoms with E-state index in [0.717, 1.165) is 40.2 Å². The zero-order chi connectivity index (χ0) is 22.5. The van der Waals surface area contributed by atoms with Crippen LogP contribution >= 0.6 is 34.7 Å². The molecule has 0 spiro atoms. The van der Waals surface area contributed by atoms with Crippen molar-refractivity contribution in [2.24, 2.45) is 5.92 Å². The Kier molecular flexibility index (Phi) is 13.1. The van der Waals surface area contributed by atoms with Crippen LogP contribution in [-0.4, -0.2) is 27.3 Å². The van der Waals surface area contributed by atoms with Gasteiger partial charge in [-0.25, -0.2) is 0 Å². The third-order valence-corrected chi connectivity index (χ3v) is 6.83. The van der Waals surface area contributed by atoms with Crippen molar-refractivity contribution in [3.63, 3.8) is 0 Å². The van der Waals surface area contributed by atoms with E-state index in [1.807, 2.05) is 32.0 Å². The number of ether oxygens (including phenoxy) is 1. The van der Waals surface area contributed by atoms with Crippen LogP contribution in [0.1, 0.15) is 64.0 Å². The lowest BCUT2D eigenvalue weighted by molar-refractivity contribution is -0.118. The number of halogens is 1. The van der Waals surface area contributed by atoms with E-state index in [1.165, 1.54) is 29.7 Å². The van der Waals surface area contributed by atoms with Crippen molar-refractivity contribution in [3.05, 3.63) is 29.3 Å². The maximum absolute atomic E-state index is 11.3. The molecule has 0 amide bonds. The summed E-state index contributed by atoms with van der Waals surface area (Å²) in [5.74, 6) is 2.61. The van der Waals surface area contributed by atoms with E-state index >= 15 is 0 Å². The van der Waals surface area contributed by atoms with Gasteiger partial charge >= 0.3 is 0 Å². The highest BCUT2D eigenvalue weighted by atomic mass is 35.5. The predicted molar refractivity (Wildman–Crippen MR) is 130 cm³/mol. The first kappa shape index (κ1) is 26.7. The topological polar surface area (TPSA) is 78.1 Å². The Morgan fingerprint density at radius 1 is 1.23 bits per heavy atom. The Labute approximate surface area is 194 Å². The molecule has 2 unspecified atom stereocenters. The summed E-state index contributed by atoms with van der Waals surface area (Å²) in [7, 11) is 0. The molecule has 2 atom stereocenters. The molecule has 8 heteroatoms. The molecule has 2 rings (SSSR count). The fourth-order valence-corrected chi connectivity index (χ4v) is 4.65. The monoisotopic (exact) mass is 471 g/mol. The third-order valence-electron chi connectivity index (χ3n) is 4.37. The Morgan fingerprint density at radius 2 is 1.97 bits per heavy atom. The number of unbranched alkanes of at least 4 members (excludes halogenated alkanes) is 1. The molecule has 0 fully saturated rings. The minimum Gasteiger partial charge on any atom is -0.481 e. The zero-order valence-corrected chi connectivity index (χ0v) is 21.0. The van der Waals surface area contributed by atoms with E-state index in [9.17, 15) is 4.79 Å². The molecular formula is C22H34ClN3O2S2. The van der Waals surface area contributed by atoms with Gasteiger partial charge in [0.25, 0.3) is 5.24 Å². The lowest BCUT2D eigenvalue weighted by atomic mass is 10.1. The maximum Gasteiger partial charge on any atom is 0.262 e. The molecule has 1 heterocycles. The molecule has 0 bridgehead atoms. The van der Waals surface area contributed by atoms with E-state index in [0.29, 0.717) is 11.6 Å². The molecule has 30 heavy (non-hydrogen) atoms. The van der Waals surface area contributed by atoms with Crippen molar-refractivity contribution < 1.29 is 9.53 Å². The summed E-state index contributed by atoms with van der Waals surface area (Å²) in [5, 5.41) is 7.86. The molecule has 0 radical (unpaired) electrons. The molecule has 5 nitrogen and oxygen atoms in total. The van der Waals surface area contributed by atoms with Crippen molar-refractivity contribution in [1.29, 1.82) is 0 Å². The normalized spacial score (nSPS) is 12.6. The van der Waals surface area contributed by atoms with Gasteiger partial charge in [-0.05, 0) is 55.8 Å². The SMILES string of the molecule is CCCC(C)CSc1nnc(N)s1.CCCCC(Oc1ccc(C)cc1C)C(=O)Cl. The second kappa shape index (κ2) is 14.7. The highest BCUT2D eigenvalue weighted by Gasteiger charge is 2.18. The van der Waals surface area contributed by atoms with Gasteiger partial charge in [0.05, 0.1) is 0 Å². The summed E-state index contributed by atoms with van der Waals surface area (Å²) in [4.78, 5) is 11.3. The van der Waals surface area contributed by atoms with Gasteiger partial charge in [0.1, 0.15) is 5.75 Å². The summed E-state index contributed by atoms with van der Waals surface area (Å²) < 4.78 is 6.67. The summed E-state index contributed by atoms with van der Waals surface area (Å²) in [5.41, 5.74) is 7.69. The number of nitrogen functional groups attached to an aromatic ring is 1. The second-order valence-electron chi connectivity index (χ2n) is 7.43. The first-order chi connectivity index (χ1) is 14.3. The van der Waals surface area contributed by atoms with E-state index < -0.39 is 11.3 Å². The first-order valence-corrected chi connectivity index (χ1v) is 12.6. The van der Waals surface area contributed by atoms with E-state index in [2.05, 4.69) is 31.0 Å². The Balaban J connectivity index is 0.000000311. The third kappa shape index (κ3) is 10.6. The second-order valence-corrected chi connectivity index (χ2v) is 10.1. The van der Waals surface area contributed by atoms with Crippen LogP contribution in [-0.2, 0) is 4.79 Å². The van der Waals surface area contributed by atoms with Crippen LogP contribution < -0.4 is 10.5 Å². The van der Waals surface area contributed by atoms with Crippen LogP contribution in [0, 0.1) is 19.8 Å². The smallest absolute Gasteiger partial charge is 0.262 e. The van der Waals surface area contributed by atoms with Crippen LogP contribution in [0.15, 0.2) is 22.5 Å². The quantitative estimate of drug-likeness (QED) is 0.291. The summed E-state index contributed by atoms with van der Waals surface area (Å²) in [6, 6.07) is 5.90. The molecule has 2 N–H and O–H groups in total. The Hall–Kier alpha value is -1.31. The van der Waals surface area contributed by atoms with Gasteiger partial charge in [-0.2, -0.15) is 0 Å². The maximum atomic E-state index is 11.3. The number of nitrogens with zero attached hydrogens (tertiary/aromatic N) is 2. The molecule has 1 aromatic heterocycles. The molecule has 0 saturated heterocycles. The van der Waals surface area contributed by atoms with Gasteiger partial charge in [0.15, 0.2) is 10.4 Å². The summed E-state index contributed by atoms with van der Waals surface area (Å²) in [6.45, 7) is 10.5. The lowest BCUT2D eigenvalue weighted by Gasteiger charge is -2.17. The molecule has 2 aromatic rings. The van der Waals surface area contributed by atoms with Gasteiger partial charge in [0.2, 0.25) is 5.13 Å². The zero-order valence-electron chi connectivity index (χ0n) is 18.6. The first-order valence-electron chi connectivity index (χ1n) is 10.4. The number of nitrogens with two attached hydrogens (primary N) is 1. The van der Waals surface area contributed by atoms with Crippen molar-refractivity contribution in [1.82, 2.24) is 10.2 Å². The number of carbonyl (C=O) groups excluding carboxylic acids is 1. The number of carbonyl (C=O) groups is 1. The standard InChI is InChI=1S/C14H19ClO2.C8H15N3S2/c1-4-5-6-13(14(15)16)17-12-8-7-10(2)9-11(12)3;1-3-4-6(2)5-12-8-11-10-7(9)13-8/h7-9,13H,4-6H2,1-3H3;6H,3-5H2,1-2H3,(H2,9,10). The minimum absolute atomic E-state index is 0.418. The van der Waals surface area contributed by atoms with Crippen molar-refractivity contribution >= 4 is 45.1 Å². The van der Waals surface area contributed by atoms with Crippen molar-refractivity contribution in [2.75, 3.05) is 11.5 Å². The average molecular weight is 472 g/mol. The van der Waals surface area contributed by atoms with Crippen LogP contribution in [0.2, 0.25) is 0 Å². The summed E-state index contributed by atoms with van der Waals surface area (Å²) >= 11 is 8.77. The minimum atomic E-state index is -0.530. The van der Waals surface area contributed by atoms with Crippen LogP contribution in [0.3, 0.4) is 0 Å². The largest absolute Gasteiger partial charge is 0.481 e. The Morgan fingerprint density at radius 3 is 2.50 bits per heavy atom. The number of hydrogen-bond acceptors (Lipinski definition) is 7. The number of aromatic nitrogens is 2. The number of thioether (sulfide) groups is 1. The van der Waals surface area contributed by atoms with E-state index in [1.54, 1.807) is 11.8 Å². The van der Waals surface area contributed by atoms with Crippen molar-refractivity contribution in [3.8, 4) is 5.75 Å². The van der Waals surface area contributed by atoms with Crippen LogP contribution in [0.4, 0.5) is 5.13 Å². The van der Waals surface area contributed by atoms with Gasteiger partial charge in [0, 0.05) is 5.75 Å². The van der Waals surface area contributed by atoms with E-state index in [-0.39, 0.29) is 0 Å². The van der Waals surface area contributed by atoms with Crippen LogP contribution in [0.5, 0.6) is 5.75 Å². The molecular weight excluding hydrogens is 438 g/mol. The van der Waals surface area contributed by atoms with Crippen LogP contribution in [0.25, 0.3) is 0 Å². The highest BCUT2D eigenvalue weighted by Crippen LogP contribution is 2.26. The van der Waals surface area contributed by atoms with Gasteiger partial charge in [-0.1, -0.05) is 80.8 Å². The fraction of sp³-hybridized carbons (Fsp3) is 0.591. The van der Waals surface area contributed by atoms with Crippen molar-refractivity contribution in [2.45, 2.75) is 77.2 Å². The predicted octanol–water partition coefficient (Wildman–Crippen LogP) is 6.66. The molecule has 0 aliphatic rings. The number of aryl methyl sites for hydroxylation is 2. The average Bonchev–Trinajstić information content (AvgIpc) is 3.11. The number of hydrogen-bond donors (Lipinski definition) is 1. The highest BCUT2D eigenvalue weighted by molar-refractivity contribution is 8.01. The number of rotatable bonds is 11. The molecule has 1 aromatic carbocycles. The molecule has 0 aliphatic carbocycles. The lowest BCUT2D eigenvalue weighted by Crippen LogP contribution is -2.23. The van der Waals surface area contributed by atoms with Gasteiger partial charge in [-0.3, -0.25) is 4.79 Å².